The van der Waals surface area contributed by atoms with Gasteiger partial charge in [0.25, 0.3) is 11.8 Å². The number of carbonyl (C=O) groups is 1. The summed E-state index contributed by atoms with van der Waals surface area (Å²) in [5.74, 6) is -2.46. The van der Waals surface area contributed by atoms with Gasteiger partial charge in [-0.15, -0.1) is 0 Å². The van der Waals surface area contributed by atoms with E-state index in [0.717, 1.165) is 19.2 Å². The third-order valence-corrected chi connectivity index (χ3v) is 6.43. The van der Waals surface area contributed by atoms with Gasteiger partial charge in [0.15, 0.2) is 11.6 Å². The van der Waals surface area contributed by atoms with Crippen LogP contribution in [0.5, 0.6) is 17.5 Å². The molecular weight excluding hydrogens is 436 g/mol. The average molecular weight is 461 g/mol. The highest BCUT2D eigenvalue weighted by molar-refractivity contribution is 5.69. The summed E-state index contributed by atoms with van der Waals surface area (Å²) >= 11 is 0. The van der Waals surface area contributed by atoms with Crippen molar-refractivity contribution < 1.29 is 32.5 Å². The molecule has 0 spiro atoms. The van der Waals surface area contributed by atoms with Gasteiger partial charge in [0, 0.05) is 31.3 Å². The molecule has 3 fully saturated rings. The highest BCUT2D eigenvalue weighted by atomic mass is 19.1. The lowest BCUT2D eigenvalue weighted by molar-refractivity contribution is 0.0565. The standard InChI is InChI=1S/C23H25F2N3O5/c1-23(7-8-23)33-22(29)28-10-14-12-30-9-6-17(15(14)11-28)31-20-19(25)21(27-13-26-20)32-18-5-3-2-4-16(18)24/h2-5,13-15,17H,6-12H2,1H3/t14?,15?,17-/m0/s1. The molecule has 1 aromatic carbocycles. The molecule has 5 rings (SSSR count). The Morgan fingerprint density at radius 2 is 1.97 bits per heavy atom. The molecule has 0 bridgehead atoms. The summed E-state index contributed by atoms with van der Waals surface area (Å²) in [7, 11) is 0. The van der Waals surface area contributed by atoms with Crippen LogP contribution in [0.1, 0.15) is 26.2 Å². The van der Waals surface area contributed by atoms with E-state index in [1.165, 1.54) is 18.2 Å². The minimum atomic E-state index is -0.918. The fraction of sp³-hybridized carbons (Fsp3) is 0.522. The predicted octanol–water partition coefficient (Wildman–Crippen LogP) is 3.95. The van der Waals surface area contributed by atoms with Gasteiger partial charge in [0.2, 0.25) is 5.82 Å². The highest BCUT2D eigenvalue weighted by Gasteiger charge is 2.47. The number of likely N-dealkylation sites (tertiary alicyclic amines) is 1. The molecule has 2 unspecified atom stereocenters. The molecule has 1 amide bonds. The lowest BCUT2D eigenvalue weighted by Gasteiger charge is -2.25. The molecule has 2 saturated heterocycles. The van der Waals surface area contributed by atoms with Gasteiger partial charge in [0.1, 0.15) is 18.0 Å². The fourth-order valence-electron chi connectivity index (χ4n) is 4.26. The molecule has 3 aliphatic rings. The van der Waals surface area contributed by atoms with Crippen LogP contribution in [0.3, 0.4) is 0 Å². The maximum atomic E-state index is 15.1. The zero-order chi connectivity index (χ0) is 23.0. The van der Waals surface area contributed by atoms with Gasteiger partial charge < -0.3 is 23.8 Å². The maximum absolute atomic E-state index is 15.1. The molecule has 3 heterocycles. The Morgan fingerprint density at radius 3 is 2.76 bits per heavy atom. The molecule has 0 N–H and O–H groups in total. The Morgan fingerprint density at radius 1 is 1.18 bits per heavy atom. The van der Waals surface area contributed by atoms with Crippen LogP contribution in [0.2, 0.25) is 0 Å². The van der Waals surface area contributed by atoms with Crippen molar-refractivity contribution in [3.8, 4) is 17.5 Å². The third-order valence-electron chi connectivity index (χ3n) is 6.43. The Kier molecular flexibility index (Phi) is 5.77. The molecule has 8 nitrogen and oxygen atoms in total. The Hall–Kier alpha value is -3.01. The molecule has 0 radical (unpaired) electrons. The number of ether oxygens (including phenoxy) is 4. The van der Waals surface area contributed by atoms with E-state index in [4.69, 9.17) is 18.9 Å². The smallest absolute Gasteiger partial charge is 0.410 e. The van der Waals surface area contributed by atoms with E-state index in [1.807, 2.05) is 6.92 Å². The topological polar surface area (TPSA) is 83.0 Å². The van der Waals surface area contributed by atoms with Crippen LogP contribution in [-0.2, 0) is 9.47 Å². The van der Waals surface area contributed by atoms with Crippen LogP contribution in [0.15, 0.2) is 30.6 Å². The monoisotopic (exact) mass is 461 g/mol. The molecule has 1 saturated carbocycles. The van der Waals surface area contributed by atoms with Crippen LogP contribution < -0.4 is 9.47 Å². The minimum absolute atomic E-state index is 0.0380. The molecule has 2 aliphatic heterocycles. The summed E-state index contributed by atoms with van der Waals surface area (Å²) in [6.45, 7) is 3.78. The van der Waals surface area contributed by atoms with Gasteiger partial charge in [-0.3, -0.25) is 0 Å². The Labute approximate surface area is 189 Å². The number of amides is 1. The first-order valence-corrected chi connectivity index (χ1v) is 11.1. The van der Waals surface area contributed by atoms with Crippen molar-refractivity contribution in [1.82, 2.24) is 14.9 Å². The van der Waals surface area contributed by atoms with Gasteiger partial charge in [-0.25, -0.2) is 9.18 Å². The number of para-hydroxylation sites is 1. The van der Waals surface area contributed by atoms with E-state index < -0.39 is 23.6 Å². The lowest BCUT2D eigenvalue weighted by atomic mass is 9.90. The van der Waals surface area contributed by atoms with Crippen molar-refractivity contribution >= 4 is 6.09 Å². The van der Waals surface area contributed by atoms with Crippen LogP contribution in [0, 0.1) is 23.5 Å². The Balaban J connectivity index is 1.31. The van der Waals surface area contributed by atoms with Crippen molar-refractivity contribution in [2.24, 2.45) is 11.8 Å². The number of rotatable bonds is 5. The van der Waals surface area contributed by atoms with Crippen LogP contribution in [0.25, 0.3) is 0 Å². The summed E-state index contributed by atoms with van der Waals surface area (Å²) in [5.41, 5.74) is -0.354. The number of halogens is 2. The maximum Gasteiger partial charge on any atom is 0.410 e. The SMILES string of the molecule is CC1(OC(=O)N2CC3COCC[C@H](Oc4ncnc(Oc5ccccc5F)c4F)C3C2)CC1. The van der Waals surface area contributed by atoms with Crippen LogP contribution in [0.4, 0.5) is 13.6 Å². The molecule has 33 heavy (non-hydrogen) atoms. The summed E-state index contributed by atoms with van der Waals surface area (Å²) in [6.07, 6.45) is 2.59. The molecule has 3 atom stereocenters. The number of fused-ring (bicyclic) bond motifs is 1. The van der Waals surface area contributed by atoms with E-state index in [9.17, 15) is 9.18 Å². The summed E-state index contributed by atoms with van der Waals surface area (Å²) in [4.78, 5) is 22.0. The van der Waals surface area contributed by atoms with Gasteiger partial charge in [-0.2, -0.15) is 14.4 Å². The molecule has 10 heteroatoms. The summed E-state index contributed by atoms with van der Waals surface area (Å²) in [5, 5.41) is 0. The second kappa shape index (κ2) is 8.74. The fourth-order valence-corrected chi connectivity index (χ4v) is 4.26. The summed E-state index contributed by atoms with van der Waals surface area (Å²) < 4.78 is 51.6. The molecular formula is C23H25F2N3O5. The van der Waals surface area contributed by atoms with Crippen molar-refractivity contribution in [2.45, 2.75) is 37.9 Å². The van der Waals surface area contributed by atoms with E-state index in [-0.39, 0.29) is 35.2 Å². The van der Waals surface area contributed by atoms with Gasteiger partial charge >= 0.3 is 6.09 Å². The van der Waals surface area contributed by atoms with E-state index >= 15 is 4.39 Å². The third kappa shape index (κ3) is 4.71. The molecule has 1 aliphatic carbocycles. The Bertz CT molecular complexity index is 1030. The van der Waals surface area contributed by atoms with E-state index in [1.54, 1.807) is 11.0 Å². The number of nitrogens with zero attached hydrogens (tertiary/aromatic N) is 3. The van der Waals surface area contributed by atoms with Crippen molar-refractivity contribution in [3.05, 3.63) is 42.2 Å². The van der Waals surface area contributed by atoms with E-state index in [0.29, 0.717) is 32.7 Å². The number of benzene rings is 1. The van der Waals surface area contributed by atoms with Crippen molar-refractivity contribution in [3.63, 3.8) is 0 Å². The number of hydrogen-bond acceptors (Lipinski definition) is 7. The number of aromatic nitrogens is 2. The molecule has 2 aromatic rings. The highest BCUT2D eigenvalue weighted by Crippen LogP contribution is 2.40. The lowest BCUT2D eigenvalue weighted by Crippen LogP contribution is -2.35. The van der Waals surface area contributed by atoms with Gasteiger partial charge in [-0.1, -0.05) is 12.1 Å². The first kappa shape index (κ1) is 21.8. The minimum Gasteiger partial charge on any atom is -0.472 e. The zero-order valence-electron chi connectivity index (χ0n) is 18.2. The quantitative estimate of drug-likeness (QED) is 0.667. The number of hydrogen-bond donors (Lipinski definition) is 0. The largest absolute Gasteiger partial charge is 0.472 e. The zero-order valence-corrected chi connectivity index (χ0v) is 18.2. The first-order valence-electron chi connectivity index (χ1n) is 11.1. The first-order chi connectivity index (χ1) is 15.9. The predicted molar refractivity (Wildman–Crippen MR) is 111 cm³/mol. The number of carbonyl (C=O) groups excluding carboxylic acids is 1. The van der Waals surface area contributed by atoms with Gasteiger partial charge in [0.05, 0.1) is 13.2 Å². The van der Waals surface area contributed by atoms with Crippen molar-refractivity contribution in [1.29, 1.82) is 0 Å². The van der Waals surface area contributed by atoms with E-state index in [2.05, 4.69) is 9.97 Å². The van der Waals surface area contributed by atoms with Crippen LogP contribution in [-0.4, -0.2) is 59.0 Å². The normalized spacial score (nSPS) is 25.7. The molecule has 1 aromatic heterocycles. The summed E-state index contributed by atoms with van der Waals surface area (Å²) in [6, 6.07) is 5.65. The second-order valence-corrected chi connectivity index (χ2v) is 9.00. The van der Waals surface area contributed by atoms with Crippen molar-refractivity contribution in [2.75, 3.05) is 26.3 Å². The van der Waals surface area contributed by atoms with Crippen LogP contribution >= 0.6 is 0 Å². The average Bonchev–Trinajstić information content (AvgIpc) is 3.42. The molecule has 176 valence electrons. The van der Waals surface area contributed by atoms with Gasteiger partial charge in [-0.05, 0) is 31.9 Å². The second-order valence-electron chi connectivity index (χ2n) is 9.00.